The largest absolute Gasteiger partial charge is 0.431 e. The first kappa shape index (κ1) is 12.4. The Balaban J connectivity index is 2.04. The third-order valence-corrected chi connectivity index (χ3v) is 3.94. The zero-order chi connectivity index (χ0) is 13.4. The van der Waals surface area contributed by atoms with Crippen molar-refractivity contribution in [1.82, 2.24) is 4.98 Å². The molecule has 2 heterocycles. The standard InChI is InChI=1S/C13H8BrNO3S/c1-7-4-12(16)18-10-5-8(2-3-9(7)10)17-13-15-6-11(14)19-13/h2-6H,1H3. The second-order valence-corrected chi connectivity index (χ2v) is 6.31. The van der Waals surface area contributed by atoms with Crippen molar-refractivity contribution in [3.8, 4) is 10.9 Å². The lowest BCUT2D eigenvalue weighted by atomic mass is 10.1. The summed E-state index contributed by atoms with van der Waals surface area (Å²) >= 11 is 4.71. The summed E-state index contributed by atoms with van der Waals surface area (Å²) in [5, 5.41) is 1.42. The molecule has 0 atom stereocenters. The highest BCUT2D eigenvalue weighted by Crippen LogP contribution is 2.31. The summed E-state index contributed by atoms with van der Waals surface area (Å²) < 4.78 is 11.7. The fraction of sp³-hybridized carbons (Fsp3) is 0.0769. The Morgan fingerprint density at radius 3 is 2.95 bits per heavy atom. The molecular formula is C13H8BrNO3S. The van der Waals surface area contributed by atoms with Crippen molar-refractivity contribution < 1.29 is 9.15 Å². The second-order valence-electron chi connectivity index (χ2n) is 3.94. The van der Waals surface area contributed by atoms with Crippen LogP contribution in [0.4, 0.5) is 0 Å². The molecule has 19 heavy (non-hydrogen) atoms. The van der Waals surface area contributed by atoms with Crippen molar-refractivity contribution in [2.75, 3.05) is 0 Å². The van der Waals surface area contributed by atoms with Crippen molar-refractivity contribution >= 4 is 38.2 Å². The summed E-state index contributed by atoms with van der Waals surface area (Å²) in [5.74, 6) is 0.586. The third kappa shape index (κ3) is 2.54. The Labute approximate surface area is 120 Å². The third-order valence-electron chi connectivity index (χ3n) is 2.58. The molecule has 0 bridgehead atoms. The number of fused-ring (bicyclic) bond motifs is 1. The molecule has 3 aromatic rings. The predicted molar refractivity (Wildman–Crippen MR) is 77.1 cm³/mol. The number of aryl methyl sites for hydroxylation is 1. The van der Waals surface area contributed by atoms with Crippen molar-refractivity contribution in [3.63, 3.8) is 0 Å². The minimum Gasteiger partial charge on any atom is -0.431 e. The van der Waals surface area contributed by atoms with Crippen LogP contribution in [-0.2, 0) is 0 Å². The summed E-state index contributed by atoms with van der Waals surface area (Å²) in [7, 11) is 0. The average molecular weight is 338 g/mol. The van der Waals surface area contributed by atoms with Gasteiger partial charge in [0.1, 0.15) is 11.3 Å². The van der Waals surface area contributed by atoms with Gasteiger partial charge in [-0.05, 0) is 40.5 Å². The maximum absolute atomic E-state index is 11.4. The average Bonchev–Trinajstić information content (AvgIpc) is 2.74. The molecule has 0 aliphatic carbocycles. The smallest absolute Gasteiger partial charge is 0.336 e. The highest BCUT2D eigenvalue weighted by atomic mass is 79.9. The first-order valence-electron chi connectivity index (χ1n) is 5.45. The van der Waals surface area contributed by atoms with Crippen LogP contribution in [0.3, 0.4) is 0 Å². The zero-order valence-corrected chi connectivity index (χ0v) is 12.2. The van der Waals surface area contributed by atoms with Crippen LogP contribution in [-0.4, -0.2) is 4.98 Å². The number of halogens is 1. The first-order valence-corrected chi connectivity index (χ1v) is 7.06. The van der Waals surface area contributed by atoms with E-state index in [9.17, 15) is 4.79 Å². The molecule has 0 radical (unpaired) electrons. The molecule has 2 aromatic heterocycles. The van der Waals surface area contributed by atoms with Gasteiger partial charge in [0.05, 0.1) is 9.98 Å². The molecule has 1 aromatic carbocycles. The van der Waals surface area contributed by atoms with Gasteiger partial charge in [-0.3, -0.25) is 0 Å². The highest BCUT2D eigenvalue weighted by molar-refractivity contribution is 9.11. The molecule has 0 spiro atoms. The van der Waals surface area contributed by atoms with Gasteiger partial charge in [-0.1, -0.05) is 11.3 Å². The molecular weight excluding hydrogens is 330 g/mol. The number of benzene rings is 1. The van der Waals surface area contributed by atoms with E-state index < -0.39 is 0 Å². The predicted octanol–water partition coefficient (Wildman–Crippen LogP) is 4.11. The van der Waals surface area contributed by atoms with Gasteiger partial charge in [-0.15, -0.1) is 0 Å². The van der Waals surface area contributed by atoms with E-state index in [1.165, 1.54) is 17.4 Å². The summed E-state index contributed by atoms with van der Waals surface area (Å²) in [5.41, 5.74) is 1.03. The minimum atomic E-state index is -0.362. The van der Waals surface area contributed by atoms with Crippen molar-refractivity contribution in [2.24, 2.45) is 0 Å². The number of rotatable bonds is 2. The fourth-order valence-corrected chi connectivity index (χ4v) is 2.79. The molecule has 0 unspecified atom stereocenters. The molecule has 4 nitrogen and oxygen atoms in total. The number of nitrogens with zero attached hydrogens (tertiary/aromatic N) is 1. The van der Waals surface area contributed by atoms with Gasteiger partial charge in [-0.2, -0.15) is 0 Å². The highest BCUT2D eigenvalue weighted by Gasteiger charge is 2.06. The molecule has 3 rings (SSSR count). The van der Waals surface area contributed by atoms with Crippen molar-refractivity contribution in [1.29, 1.82) is 0 Å². The fourth-order valence-electron chi connectivity index (χ4n) is 1.76. The van der Waals surface area contributed by atoms with Gasteiger partial charge in [0.2, 0.25) is 0 Å². The Morgan fingerprint density at radius 1 is 1.37 bits per heavy atom. The van der Waals surface area contributed by atoms with Gasteiger partial charge in [0.25, 0.3) is 5.19 Å². The molecule has 0 saturated heterocycles. The molecule has 0 saturated carbocycles. The van der Waals surface area contributed by atoms with Crippen LogP contribution in [0.1, 0.15) is 5.56 Å². The molecule has 0 N–H and O–H groups in total. The minimum absolute atomic E-state index is 0.362. The maximum Gasteiger partial charge on any atom is 0.336 e. The number of hydrogen-bond acceptors (Lipinski definition) is 5. The quantitative estimate of drug-likeness (QED) is 0.660. The first-order chi connectivity index (χ1) is 9.11. The van der Waals surface area contributed by atoms with Crippen LogP contribution in [0.5, 0.6) is 10.9 Å². The Kier molecular flexibility index (Phi) is 3.12. The molecule has 96 valence electrons. The van der Waals surface area contributed by atoms with Crippen LogP contribution in [0, 0.1) is 6.92 Å². The summed E-state index contributed by atoms with van der Waals surface area (Å²) in [6.07, 6.45) is 1.67. The lowest BCUT2D eigenvalue weighted by Crippen LogP contribution is -1.97. The van der Waals surface area contributed by atoms with Gasteiger partial charge in [-0.25, -0.2) is 9.78 Å². The Hall–Kier alpha value is -1.66. The monoisotopic (exact) mass is 337 g/mol. The van der Waals surface area contributed by atoms with Crippen LogP contribution < -0.4 is 10.4 Å². The van der Waals surface area contributed by atoms with Crippen molar-refractivity contribution in [3.05, 3.63) is 50.2 Å². The van der Waals surface area contributed by atoms with E-state index in [1.807, 2.05) is 19.1 Å². The Morgan fingerprint density at radius 2 is 2.21 bits per heavy atom. The van der Waals surface area contributed by atoms with E-state index in [1.54, 1.807) is 12.3 Å². The molecule has 0 fully saturated rings. The van der Waals surface area contributed by atoms with E-state index in [0.29, 0.717) is 16.5 Å². The van der Waals surface area contributed by atoms with Gasteiger partial charge >= 0.3 is 5.63 Å². The summed E-state index contributed by atoms with van der Waals surface area (Å²) in [4.78, 5) is 15.4. The summed E-state index contributed by atoms with van der Waals surface area (Å²) in [6, 6.07) is 6.86. The van der Waals surface area contributed by atoms with Crippen LogP contribution in [0.2, 0.25) is 0 Å². The van der Waals surface area contributed by atoms with E-state index >= 15 is 0 Å². The normalized spacial score (nSPS) is 10.8. The lowest BCUT2D eigenvalue weighted by molar-refractivity contribution is 0.476. The number of thiazole rings is 1. The summed E-state index contributed by atoms with van der Waals surface area (Å²) in [6.45, 7) is 1.87. The molecule has 0 aliphatic rings. The molecule has 0 aliphatic heterocycles. The zero-order valence-electron chi connectivity index (χ0n) is 9.84. The SMILES string of the molecule is Cc1cc(=O)oc2cc(Oc3ncc(Br)s3)ccc12. The number of ether oxygens (including phenoxy) is 1. The lowest BCUT2D eigenvalue weighted by Gasteiger charge is -2.04. The van der Waals surface area contributed by atoms with E-state index in [2.05, 4.69) is 20.9 Å². The van der Waals surface area contributed by atoms with Gasteiger partial charge in [0, 0.05) is 17.5 Å². The van der Waals surface area contributed by atoms with Gasteiger partial charge in [0.15, 0.2) is 0 Å². The number of hydrogen-bond donors (Lipinski definition) is 0. The van der Waals surface area contributed by atoms with Crippen molar-refractivity contribution in [2.45, 2.75) is 6.92 Å². The van der Waals surface area contributed by atoms with E-state index in [0.717, 1.165) is 14.7 Å². The number of aromatic nitrogens is 1. The Bertz CT molecular complexity index is 809. The van der Waals surface area contributed by atoms with E-state index in [-0.39, 0.29) is 5.63 Å². The van der Waals surface area contributed by atoms with Crippen LogP contribution >= 0.6 is 27.3 Å². The molecule has 0 amide bonds. The molecule has 6 heteroatoms. The topological polar surface area (TPSA) is 52.3 Å². The maximum atomic E-state index is 11.4. The second kappa shape index (κ2) is 4.79. The van der Waals surface area contributed by atoms with E-state index in [4.69, 9.17) is 9.15 Å². The van der Waals surface area contributed by atoms with Crippen LogP contribution in [0.15, 0.2) is 43.5 Å². The van der Waals surface area contributed by atoms with Crippen LogP contribution in [0.25, 0.3) is 11.0 Å². The van der Waals surface area contributed by atoms with Gasteiger partial charge < -0.3 is 9.15 Å².